The zero-order valence-corrected chi connectivity index (χ0v) is 15.9. The van der Waals surface area contributed by atoms with Crippen molar-refractivity contribution in [3.63, 3.8) is 0 Å². The highest BCUT2D eigenvalue weighted by atomic mass is 35.5. The molecule has 1 fully saturated rings. The van der Waals surface area contributed by atoms with Gasteiger partial charge in [-0.15, -0.1) is 12.4 Å². The number of hydrogen-bond acceptors (Lipinski definition) is 3. The Morgan fingerprint density at radius 2 is 1.96 bits per heavy atom. The molecule has 0 radical (unpaired) electrons. The van der Waals surface area contributed by atoms with E-state index in [2.05, 4.69) is 5.32 Å². The van der Waals surface area contributed by atoms with Crippen molar-refractivity contribution >= 4 is 24.0 Å². The zero-order chi connectivity index (χ0) is 17.6. The van der Waals surface area contributed by atoms with E-state index in [1.165, 1.54) is 0 Å². The third-order valence-electron chi connectivity index (χ3n) is 5.00. The van der Waals surface area contributed by atoms with E-state index in [1.54, 1.807) is 0 Å². The minimum Gasteiger partial charge on any atom is -0.489 e. The third kappa shape index (κ3) is 4.99. The molecular formula is C21H27ClN2O2. The highest BCUT2D eigenvalue weighted by molar-refractivity contribution is 5.93. The summed E-state index contributed by atoms with van der Waals surface area (Å²) in [5.41, 5.74) is 8.77. The van der Waals surface area contributed by atoms with Crippen LogP contribution in [0.25, 0.3) is 0 Å². The second kappa shape index (κ2) is 9.60. The Labute approximate surface area is 161 Å². The monoisotopic (exact) mass is 374 g/mol. The smallest absolute Gasteiger partial charge is 0.227 e. The highest BCUT2D eigenvalue weighted by Gasteiger charge is 2.32. The summed E-state index contributed by atoms with van der Waals surface area (Å²) >= 11 is 0. The molecule has 1 amide bonds. The molecule has 4 nitrogen and oxygen atoms in total. The van der Waals surface area contributed by atoms with Crippen LogP contribution in [0.15, 0.2) is 48.5 Å². The molecule has 3 N–H and O–H groups in total. The van der Waals surface area contributed by atoms with E-state index in [9.17, 15) is 4.79 Å². The van der Waals surface area contributed by atoms with Crippen LogP contribution in [0.3, 0.4) is 0 Å². The van der Waals surface area contributed by atoms with Crippen LogP contribution < -0.4 is 15.8 Å². The third-order valence-corrected chi connectivity index (χ3v) is 5.00. The fraction of sp³-hybridized carbons (Fsp3) is 0.381. The van der Waals surface area contributed by atoms with Crippen LogP contribution in [0.5, 0.6) is 5.75 Å². The van der Waals surface area contributed by atoms with Crippen LogP contribution in [0.2, 0.25) is 0 Å². The van der Waals surface area contributed by atoms with E-state index >= 15 is 0 Å². The van der Waals surface area contributed by atoms with Gasteiger partial charge in [-0.25, -0.2) is 0 Å². The maximum atomic E-state index is 12.5. The van der Waals surface area contributed by atoms with E-state index in [4.69, 9.17) is 10.5 Å². The standard InChI is InChI=1S/C21H26N2O2.ClH/c1-15-12-18(25-14-16-6-3-2-4-7-16)10-11-20(15)23-21(24)19-9-5-8-17(19)13-22;/h2-4,6-7,10-12,17,19H,5,8-9,13-14,22H2,1H3,(H,23,24);1H/t17-,19-;/m1./s1. The number of nitrogens with one attached hydrogen (secondary N) is 1. The molecule has 3 rings (SSSR count). The predicted molar refractivity (Wildman–Crippen MR) is 108 cm³/mol. The average molecular weight is 375 g/mol. The molecule has 5 heteroatoms. The van der Waals surface area contributed by atoms with Gasteiger partial charge in [0.05, 0.1) is 0 Å². The van der Waals surface area contributed by atoms with E-state index in [1.807, 2.05) is 55.5 Å². The first-order valence-corrected chi connectivity index (χ1v) is 8.95. The first-order chi connectivity index (χ1) is 12.2. The Morgan fingerprint density at radius 1 is 1.19 bits per heavy atom. The number of benzene rings is 2. The number of nitrogens with two attached hydrogens (primary N) is 1. The maximum absolute atomic E-state index is 12.5. The lowest BCUT2D eigenvalue weighted by molar-refractivity contribution is -0.120. The van der Waals surface area contributed by atoms with Gasteiger partial charge in [-0.1, -0.05) is 36.8 Å². The topological polar surface area (TPSA) is 64.3 Å². The predicted octanol–water partition coefficient (Wildman–Crippen LogP) is 4.31. The Morgan fingerprint density at radius 3 is 2.65 bits per heavy atom. The minimum atomic E-state index is 0. The Hall–Kier alpha value is -2.04. The number of hydrogen-bond donors (Lipinski definition) is 2. The van der Waals surface area contributed by atoms with Gasteiger partial charge in [0.1, 0.15) is 12.4 Å². The van der Waals surface area contributed by atoms with E-state index in [-0.39, 0.29) is 24.2 Å². The SMILES string of the molecule is Cc1cc(OCc2ccccc2)ccc1NC(=O)[C@@H]1CCC[C@@H]1CN.Cl. The number of halogens is 1. The molecule has 140 valence electrons. The summed E-state index contributed by atoms with van der Waals surface area (Å²) in [4.78, 5) is 12.5. The van der Waals surface area contributed by atoms with Gasteiger partial charge < -0.3 is 15.8 Å². The van der Waals surface area contributed by atoms with Gasteiger partial charge in [-0.3, -0.25) is 4.79 Å². The molecule has 26 heavy (non-hydrogen) atoms. The first-order valence-electron chi connectivity index (χ1n) is 8.95. The van der Waals surface area contributed by atoms with Crippen molar-refractivity contribution in [2.24, 2.45) is 17.6 Å². The summed E-state index contributed by atoms with van der Waals surface area (Å²) in [5, 5.41) is 3.07. The zero-order valence-electron chi connectivity index (χ0n) is 15.1. The molecule has 0 heterocycles. The molecule has 1 saturated carbocycles. The summed E-state index contributed by atoms with van der Waals surface area (Å²) in [7, 11) is 0. The summed E-state index contributed by atoms with van der Waals surface area (Å²) in [6.45, 7) is 3.11. The normalized spacial score (nSPS) is 18.8. The van der Waals surface area contributed by atoms with E-state index in [0.717, 1.165) is 41.8 Å². The second-order valence-corrected chi connectivity index (χ2v) is 6.77. The second-order valence-electron chi connectivity index (χ2n) is 6.77. The summed E-state index contributed by atoms with van der Waals surface area (Å²) in [5.74, 6) is 1.25. The van der Waals surface area contributed by atoms with Crippen molar-refractivity contribution in [3.8, 4) is 5.75 Å². The van der Waals surface area contributed by atoms with Crippen LogP contribution in [0, 0.1) is 18.8 Å². The molecular weight excluding hydrogens is 348 g/mol. The van der Waals surface area contributed by atoms with Crippen LogP contribution in [0.4, 0.5) is 5.69 Å². The average Bonchev–Trinajstić information content (AvgIpc) is 3.12. The number of rotatable bonds is 6. The molecule has 0 saturated heterocycles. The van der Waals surface area contributed by atoms with Crippen molar-refractivity contribution in [1.29, 1.82) is 0 Å². The van der Waals surface area contributed by atoms with Crippen LogP contribution in [-0.4, -0.2) is 12.5 Å². The first kappa shape index (κ1) is 20.3. The number of anilines is 1. The summed E-state index contributed by atoms with van der Waals surface area (Å²) < 4.78 is 5.84. The van der Waals surface area contributed by atoms with Gasteiger partial charge in [0.2, 0.25) is 5.91 Å². The molecule has 2 aromatic carbocycles. The maximum Gasteiger partial charge on any atom is 0.227 e. The Bertz CT molecular complexity index is 721. The van der Waals surface area contributed by atoms with Gasteiger partial charge in [0, 0.05) is 11.6 Å². The van der Waals surface area contributed by atoms with Crippen LogP contribution >= 0.6 is 12.4 Å². The van der Waals surface area contributed by atoms with Crippen molar-refractivity contribution in [1.82, 2.24) is 0 Å². The highest BCUT2D eigenvalue weighted by Crippen LogP contribution is 2.32. The number of carbonyl (C=O) groups is 1. The van der Waals surface area contributed by atoms with E-state index < -0.39 is 0 Å². The Balaban J connectivity index is 0.00000243. The van der Waals surface area contributed by atoms with Crippen molar-refractivity contribution in [2.45, 2.75) is 32.8 Å². The summed E-state index contributed by atoms with van der Waals surface area (Å²) in [6, 6.07) is 15.9. The molecule has 0 spiro atoms. The molecule has 0 aliphatic heterocycles. The minimum absolute atomic E-state index is 0. The Kier molecular flexibility index (Phi) is 7.49. The molecule has 2 atom stereocenters. The number of ether oxygens (including phenoxy) is 1. The van der Waals surface area contributed by atoms with Gasteiger partial charge in [-0.05, 0) is 61.6 Å². The molecule has 0 unspecified atom stereocenters. The number of aryl methyl sites for hydroxylation is 1. The molecule has 1 aliphatic carbocycles. The quantitative estimate of drug-likeness (QED) is 0.791. The fourth-order valence-corrected chi connectivity index (χ4v) is 3.50. The van der Waals surface area contributed by atoms with Crippen LogP contribution in [-0.2, 0) is 11.4 Å². The fourth-order valence-electron chi connectivity index (χ4n) is 3.50. The van der Waals surface area contributed by atoms with E-state index in [0.29, 0.717) is 19.1 Å². The van der Waals surface area contributed by atoms with Crippen molar-refractivity contribution in [2.75, 3.05) is 11.9 Å². The largest absolute Gasteiger partial charge is 0.489 e. The molecule has 0 aromatic heterocycles. The van der Waals surface area contributed by atoms with Gasteiger partial charge in [0.15, 0.2) is 0 Å². The summed E-state index contributed by atoms with van der Waals surface area (Å²) in [6.07, 6.45) is 3.08. The van der Waals surface area contributed by atoms with Gasteiger partial charge in [0.25, 0.3) is 0 Å². The number of amides is 1. The lowest BCUT2D eigenvalue weighted by Gasteiger charge is -2.18. The van der Waals surface area contributed by atoms with Crippen LogP contribution in [0.1, 0.15) is 30.4 Å². The lowest BCUT2D eigenvalue weighted by atomic mass is 9.95. The lowest BCUT2D eigenvalue weighted by Crippen LogP contribution is -2.29. The van der Waals surface area contributed by atoms with Gasteiger partial charge in [-0.2, -0.15) is 0 Å². The molecule has 0 bridgehead atoms. The van der Waals surface area contributed by atoms with Gasteiger partial charge >= 0.3 is 0 Å². The molecule has 2 aromatic rings. The molecule has 1 aliphatic rings. The van der Waals surface area contributed by atoms with Crippen molar-refractivity contribution in [3.05, 3.63) is 59.7 Å². The number of carbonyl (C=O) groups excluding carboxylic acids is 1. The van der Waals surface area contributed by atoms with Crippen molar-refractivity contribution < 1.29 is 9.53 Å².